The first-order chi connectivity index (χ1) is 12.7. The van der Waals surface area contributed by atoms with Crippen molar-refractivity contribution in [2.45, 2.75) is 50.5 Å². The number of carbonyl (C=O) groups excluding carboxylic acids is 1. The molecule has 0 bridgehead atoms. The maximum atomic E-state index is 12.5. The van der Waals surface area contributed by atoms with Crippen LogP contribution in [0.2, 0.25) is 0 Å². The number of hydrogen-bond donors (Lipinski definition) is 3. The Morgan fingerprint density at radius 3 is 2.44 bits per heavy atom. The number of hydrazine groups is 1. The van der Waals surface area contributed by atoms with Crippen molar-refractivity contribution in [1.82, 2.24) is 20.5 Å². The Kier molecular flexibility index (Phi) is 7.58. The fourth-order valence-corrected chi connectivity index (χ4v) is 4.41. The SMILES string of the molecule is Cc1ccc(S(=O)(=O)N(C)CC(=O)NNC(=S)N[C@H]2CCCC[C@@H]2C)cc1. The van der Waals surface area contributed by atoms with Gasteiger partial charge in [0, 0.05) is 13.1 Å². The molecule has 2 rings (SSSR count). The summed E-state index contributed by atoms with van der Waals surface area (Å²) in [7, 11) is -2.35. The van der Waals surface area contributed by atoms with Crippen LogP contribution in [-0.2, 0) is 14.8 Å². The van der Waals surface area contributed by atoms with Crippen molar-refractivity contribution in [2.24, 2.45) is 5.92 Å². The van der Waals surface area contributed by atoms with Gasteiger partial charge < -0.3 is 5.32 Å². The Morgan fingerprint density at radius 1 is 1.19 bits per heavy atom. The van der Waals surface area contributed by atoms with Gasteiger partial charge in [0.15, 0.2) is 5.11 Å². The molecule has 0 saturated heterocycles. The topological polar surface area (TPSA) is 90.5 Å². The van der Waals surface area contributed by atoms with Gasteiger partial charge >= 0.3 is 0 Å². The molecule has 0 radical (unpaired) electrons. The quantitative estimate of drug-likeness (QED) is 0.504. The molecule has 2 atom stereocenters. The van der Waals surface area contributed by atoms with Crippen LogP contribution in [0, 0.1) is 12.8 Å². The van der Waals surface area contributed by atoms with E-state index in [1.54, 1.807) is 12.1 Å². The number of likely N-dealkylation sites (N-methyl/N-ethyl adjacent to an activating group) is 1. The molecule has 0 aliphatic heterocycles. The number of sulfonamides is 1. The third-order valence-corrected chi connectivity index (χ3v) is 6.88. The predicted molar refractivity (Wildman–Crippen MR) is 109 cm³/mol. The Labute approximate surface area is 166 Å². The van der Waals surface area contributed by atoms with Gasteiger partial charge in [-0.25, -0.2) is 8.42 Å². The molecule has 27 heavy (non-hydrogen) atoms. The van der Waals surface area contributed by atoms with Crippen LogP contribution < -0.4 is 16.2 Å². The van der Waals surface area contributed by atoms with Gasteiger partial charge in [0.1, 0.15) is 0 Å². The number of carbonyl (C=O) groups is 1. The lowest BCUT2D eigenvalue weighted by atomic mass is 9.86. The summed E-state index contributed by atoms with van der Waals surface area (Å²) in [5, 5.41) is 3.55. The van der Waals surface area contributed by atoms with Crippen molar-refractivity contribution < 1.29 is 13.2 Å². The molecule has 0 heterocycles. The van der Waals surface area contributed by atoms with Gasteiger partial charge in [-0.3, -0.25) is 15.6 Å². The zero-order chi connectivity index (χ0) is 20.0. The predicted octanol–water partition coefficient (Wildman–Crippen LogP) is 1.69. The summed E-state index contributed by atoms with van der Waals surface area (Å²) in [5.41, 5.74) is 6.07. The second kappa shape index (κ2) is 9.48. The summed E-state index contributed by atoms with van der Waals surface area (Å²) in [5.74, 6) is 0.0361. The minimum atomic E-state index is -3.72. The molecule has 150 valence electrons. The highest BCUT2D eigenvalue weighted by Crippen LogP contribution is 2.23. The molecule has 9 heteroatoms. The monoisotopic (exact) mass is 412 g/mol. The van der Waals surface area contributed by atoms with Gasteiger partial charge in [0.25, 0.3) is 5.91 Å². The lowest BCUT2D eigenvalue weighted by Gasteiger charge is -2.30. The minimum absolute atomic E-state index is 0.153. The first kappa shape index (κ1) is 21.6. The summed E-state index contributed by atoms with van der Waals surface area (Å²) in [6.45, 7) is 3.75. The Bertz CT molecular complexity index is 765. The van der Waals surface area contributed by atoms with Crippen LogP contribution in [0.5, 0.6) is 0 Å². The summed E-state index contributed by atoms with van der Waals surface area (Å²) in [6, 6.07) is 6.79. The van der Waals surface area contributed by atoms with Crippen molar-refractivity contribution in [3.63, 3.8) is 0 Å². The highest BCUT2D eigenvalue weighted by molar-refractivity contribution is 7.89. The molecule has 1 amide bonds. The van der Waals surface area contributed by atoms with Crippen molar-refractivity contribution >= 4 is 33.3 Å². The van der Waals surface area contributed by atoms with Crippen molar-refractivity contribution in [2.75, 3.05) is 13.6 Å². The number of nitrogens with zero attached hydrogens (tertiary/aromatic N) is 1. The molecule has 7 nitrogen and oxygen atoms in total. The van der Waals surface area contributed by atoms with Crippen LogP contribution in [0.15, 0.2) is 29.2 Å². The normalized spacial score (nSPS) is 20.1. The Hall–Kier alpha value is -1.71. The zero-order valence-corrected chi connectivity index (χ0v) is 17.6. The molecule has 3 N–H and O–H groups in total. The van der Waals surface area contributed by atoms with E-state index in [-0.39, 0.29) is 11.4 Å². The van der Waals surface area contributed by atoms with E-state index >= 15 is 0 Å². The smallest absolute Gasteiger partial charge is 0.253 e. The standard InChI is InChI=1S/C18H28N4O3S2/c1-13-8-10-15(11-9-13)27(24,25)22(3)12-17(23)20-21-18(26)19-16-7-5-4-6-14(16)2/h8-11,14,16H,4-7,12H2,1-3H3,(H,20,23)(H2,19,21,26)/t14-,16-/m0/s1. The van der Waals surface area contributed by atoms with E-state index in [4.69, 9.17) is 12.2 Å². The average Bonchev–Trinajstić information content (AvgIpc) is 2.62. The number of thiocarbonyl (C=S) groups is 1. The van der Waals surface area contributed by atoms with Crippen LogP contribution in [-0.4, -0.2) is 43.4 Å². The van der Waals surface area contributed by atoms with Gasteiger partial charge in [-0.05, 0) is 50.0 Å². The van der Waals surface area contributed by atoms with Crippen molar-refractivity contribution in [3.8, 4) is 0 Å². The van der Waals surface area contributed by atoms with E-state index in [1.165, 1.54) is 32.0 Å². The van der Waals surface area contributed by atoms with Gasteiger partial charge in [-0.2, -0.15) is 4.31 Å². The largest absolute Gasteiger partial charge is 0.358 e. The van der Waals surface area contributed by atoms with E-state index in [0.717, 1.165) is 22.7 Å². The lowest BCUT2D eigenvalue weighted by Crippen LogP contribution is -2.53. The van der Waals surface area contributed by atoms with E-state index in [1.807, 2.05) is 6.92 Å². The van der Waals surface area contributed by atoms with E-state index in [0.29, 0.717) is 17.1 Å². The molecule has 0 aromatic heterocycles. The second-order valence-corrected chi connectivity index (χ2v) is 9.54. The first-order valence-electron chi connectivity index (χ1n) is 9.08. The molecular formula is C18H28N4O3S2. The molecule has 0 unspecified atom stereocenters. The third kappa shape index (κ3) is 6.15. The van der Waals surface area contributed by atoms with Gasteiger partial charge in [-0.15, -0.1) is 0 Å². The molecule has 1 aliphatic rings. The van der Waals surface area contributed by atoms with Gasteiger partial charge in [0.05, 0.1) is 11.4 Å². The lowest BCUT2D eigenvalue weighted by molar-refractivity contribution is -0.121. The maximum Gasteiger partial charge on any atom is 0.253 e. The van der Waals surface area contributed by atoms with Crippen LogP contribution in [0.4, 0.5) is 0 Å². The highest BCUT2D eigenvalue weighted by atomic mass is 32.2. The molecular weight excluding hydrogens is 384 g/mol. The molecule has 1 aliphatic carbocycles. The molecule has 1 aromatic carbocycles. The molecule has 0 spiro atoms. The number of amides is 1. The number of nitrogens with one attached hydrogen (secondary N) is 3. The Morgan fingerprint density at radius 2 is 1.81 bits per heavy atom. The van der Waals surface area contributed by atoms with Crippen LogP contribution in [0.25, 0.3) is 0 Å². The van der Waals surface area contributed by atoms with Gasteiger partial charge in [0.2, 0.25) is 10.0 Å². The fraction of sp³-hybridized carbons (Fsp3) is 0.556. The summed E-state index contributed by atoms with van der Waals surface area (Å²) < 4.78 is 26.0. The summed E-state index contributed by atoms with van der Waals surface area (Å²) >= 11 is 5.21. The first-order valence-corrected chi connectivity index (χ1v) is 10.9. The van der Waals surface area contributed by atoms with E-state index < -0.39 is 15.9 Å². The number of aryl methyl sites for hydroxylation is 1. The second-order valence-electron chi connectivity index (χ2n) is 7.09. The summed E-state index contributed by atoms with van der Waals surface area (Å²) in [6.07, 6.45) is 4.61. The van der Waals surface area contributed by atoms with E-state index in [9.17, 15) is 13.2 Å². The van der Waals surface area contributed by atoms with Crippen molar-refractivity contribution in [3.05, 3.63) is 29.8 Å². The molecule has 1 aromatic rings. The van der Waals surface area contributed by atoms with E-state index in [2.05, 4.69) is 23.1 Å². The van der Waals surface area contributed by atoms with Gasteiger partial charge in [-0.1, -0.05) is 37.5 Å². The minimum Gasteiger partial charge on any atom is -0.358 e. The average molecular weight is 413 g/mol. The molecule has 1 fully saturated rings. The maximum absolute atomic E-state index is 12.5. The fourth-order valence-electron chi connectivity index (χ4n) is 3.08. The zero-order valence-electron chi connectivity index (χ0n) is 16.0. The summed E-state index contributed by atoms with van der Waals surface area (Å²) in [4.78, 5) is 12.2. The highest BCUT2D eigenvalue weighted by Gasteiger charge is 2.24. The van der Waals surface area contributed by atoms with Crippen LogP contribution >= 0.6 is 12.2 Å². The third-order valence-electron chi connectivity index (χ3n) is 4.84. The Balaban J connectivity index is 1.82. The van der Waals surface area contributed by atoms with Crippen molar-refractivity contribution in [1.29, 1.82) is 0 Å². The van der Waals surface area contributed by atoms with Crippen LogP contribution in [0.3, 0.4) is 0 Å². The number of hydrogen-bond acceptors (Lipinski definition) is 4. The number of benzene rings is 1. The van der Waals surface area contributed by atoms with Crippen LogP contribution in [0.1, 0.15) is 38.2 Å². The number of rotatable bonds is 5. The molecule has 1 saturated carbocycles.